The van der Waals surface area contributed by atoms with Crippen LogP contribution in [0.3, 0.4) is 0 Å². The zero-order valence-corrected chi connectivity index (χ0v) is 13.5. The molecule has 21 heavy (non-hydrogen) atoms. The van der Waals surface area contributed by atoms with Gasteiger partial charge in [-0.05, 0) is 44.0 Å². The second-order valence-electron chi connectivity index (χ2n) is 6.67. The van der Waals surface area contributed by atoms with Gasteiger partial charge in [0, 0.05) is 43.7 Å². The maximum atomic E-state index is 10.9. The molecule has 0 bridgehead atoms. The first-order chi connectivity index (χ1) is 10.1. The van der Waals surface area contributed by atoms with Crippen molar-refractivity contribution in [2.45, 2.75) is 30.8 Å². The Balaban J connectivity index is 1.77. The van der Waals surface area contributed by atoms with Crippen molar-refractivity contribution in [2.75, 3.05) is 39.8 Å². The lowest BCUT2D eigenvalue weighted by Crippen LogP contribution is -2.51. The first-order valence-electron chi connectivity index (χ1n) is 7.96. The van der Waals surface area contributed by atoms with Crippen LogP contribution in [0.2, 0.25) is 5.02 Å². The van der Waals surface area contributed by atoms with Crippen molar-refractivity contribution in [3.8, 4) is 0 Å². The minimum Gasteiger partial charge on any atom is -0.389 e. The smallest absolute Gasteiger partial charge is 0.0728 e. The predicted molar refractivity (Wildman–Crippen MR) is 86.9 cm³/mol. The Hall–Kier alpha value is -0.610. The Bertz CT molecular complexity index is 481. The van der Waals surface area contributed by atoms with Crippen LogP contribution in [0, 0.1) is 0 Å². The highest BCUT2D eigenvalue weighted by Crippen LogP contribution is 2.44. The quantitative estimate of drug-likeness (QED) is 0.926. The summed E-state index contributed by atoms with van der Waals surface area (Å²) in [6.45, 7) is 5.33. The van der Waals surface area contributed by atoms with Crippen LogP contribution in [0.25, 0.3) is 0 Å². The van der Waals surface area contributed by atoms with Crippen molar-refractivity contribution in [1.29, 1.82) is 0 Å². The summed E-state index contributed by atoms with van der Waals surface area (Å²) in [7, 11) is 2.17. The van der Waals surface area contributed by atoms with Gasteiger partial charge in [0.25, 0.3) is 0 Å². The Morgan fingerprint density at radius 1 is 1.24 bits per heavy atom. The van der Waals surface area contributed by atoms with Gasteiger partial charge in [-0.1, -0.05) is 23.7 Å². The molecule has 1 atom stereocenters. The molecule has 2 aliphatic rings. The van der Waals surface area contributed by atoms with Crippen LogP contribution in [0.15, 0.2) is 24.3 Å². The van der Waals surface area contributed by atoms with Crippen molar-refractivity contribution < 1.29 is 5.11 Å². The summed E-state index contributed by atoms with van der Waals surface area (Å²) < 4.78 is 0. The van der Waals surface area contributed by atoms with Crippen LogP contribution in [-0.4, -0.2) is 60.3 Å². The molecule has 116 valence electrons. The molecule has 1 aromatic rings. The summed E-state index contributed by atoms with van der Waals surface area (Å²) in [5.41, 5.74) is 0.650. The fourth-order valence-corrected chi connectivity index (χ4v) is 3.68. The predicted octanol–water partition coefficient (Wildman–Crippen LogP) is 2.59. The van der Waals surface area contributed by atoms with Crippen molar-refractivity contribution in [3.63, 3.8) is 0 Å². The fourth-order valence-electron chi connectivity index (χ4n) is 3.49. The summed E-state index contributed by atoms with van der Waals surface area (Å²) in [5.74, 6) is 0.174. The number of piperazine rings is 1. The van der Waals surface area contributed by atoms with Gasteiger partial charge in [0.2, 0.25) is 0 Å². The van der Waals surface area contributed by atoms with E-state index in [0.717, 1.165) is 57.0 Å². The normalized spacial score (nSPS) is 24.5. The van der Waals surface area contributed by atoms with Gasteiger partial charge in [-0.25, -0.2) is 0 Å². The zero-order chi connectivity index (χ0) is 14.9. The number of aliphatic hydroxyl groups is 1. The van der Waals surface area contributed by atoms with Crippen LogP contribution in [-0.2, 0) is 0 Å². The molecule has 2 fully saturated rings. The van der Waals surface area contributed by atoms with E-state index in [1.165, 1.54) is 5.56 Å². The van der Waals surface area contributed by atoms with Gasteiger partial charge in [0.15, 0.2) is 0 Å². The van der Waals surface area contributed by atoms with Gasteiger partial charge in [-0.15, -0.1) is 0 Å². The average molecular weight is 309 g/mol. The highest BCUT2D eigenvalue weighted by Gasteiger charge is 2.43. The molecule has 1 heterocycles. The first kappa shape index (κ1) is 15.3. The molecule has 1 saturated heterocycles. The van der Waals surface area contributed by atoms with Crippen molar-refractivity contribution in [2.24, 2.45) is 0 Å². The Kier molecular flexibility index (Phi) is 4.55. The first-order valence-corrected chi connectivity index (χ1v) is 8.33. The Labute approximate surface area is 132 Å². The highest BCUT2D eigenvalue weighted by molar-refractivity contribution is 6.30. The van der Waals surface area contributed by atoms with Gasteiger partial charge in [0.05, 0.1) is 5.60 Å². The zero-order valence-electron chi connectivity index (χ0n) is 12.8. The summed E-state index contributed by atoms with van der Waals surface area (Å²) in [6, 6.07) is 8.04. The molecular formula is C17H25ClN2O. The number of likely N-dealkylation sites (N-methyl/N-ethyl adjacent to an activating group) is 1. The van der Waals surface area contributed by atoms with E-state index >= 15 is 0 Å². The van der Waals surface area contributed by atoms with Crippen molar-refractivity contribution in [3.05, 3.63) is 34.9 Å². The third kappa shape index (κ3) is 3.42. The molecule has 0 aromatic heterocycles. The van der Waals surface area contributed by atoms with Gasteiger partial charge >= 0.3 is 0 Å². The van der Waals surface area contributed by atoms with Gasteiger partial charge in [-0.3, -0.25) is 0 Å². The van der Waals surface area contributed by atoms with E-state index in [2.05, 4.69) is 22.9 Å². The monoisotopic (exact) mass is 308 g/mol. The molecular weight excluding hydrogens is 284 g/mol. The van der Waals surface area contributed by atoms with Crippen LogP contribution < -0.4 is 0 Å². The van der Waals surface area contributed by atoms with E-state index in [-0.39, 0.29) is 5.92 Å². The SMILES string of the molecule is CN1CCN(CC(c2cccc(Cl)c2)C2(O)CCC2)CC1. The lowest BCUT2D eigenvalue weighted by atomic mass is 9.68. The standard InChI is InChI=1S/C17H25ClN2O/c1-19-8-10-20(11-9-19)13-16(17(21)6-3-7-17)14-4-2-5-15(18)12-14/h2,4-5,12,16,21H,3,6-11,13H2,1H3. The largest absolute Gasteiger partial charge is 0.389 e. The van der Waals surface area contributed by atoms with Crippen molar-refractivity contribution in [1.82, 2.24) is 9.80 Å². The van der Waals surface area contributed by atoms with Crippen LogP contribution in [0.5, 0.6) is 0 Å². The molecule has 3 nitrogen and oxygen atoms in total. The highest BCUT2D eigenvalue weighted by atomic mass is 35.5. The summed E-state index contributed by atoms with van der Waals surface area (Å²) in [6.07, 6.45) is 2.96. The summed E-state index contributed by atoms with van der Waals surface area (Å²) in [4.78, 5) is 4.85. The second-order valence-corrected chi connectivity index (χ2v) is 7.11. The third-order valence-corrected chi connectivity index (χ3v) is 5.39. The van der Waals surface area contributed by atoms with E-state index in [4.69, 9.17) is 11.6 Å². The minimum absolute atomic E-state index is 0.174. The van der Waals surface area contributed by atoms with Gasteiger partial charge in [0.1, 0.15) is 0 Å². The lowest BCUT2D eigenvalue weighted by Gasteiger charge is -2.46. The molecule has 0 amide bonds. The molecule has 0 radical (unpaired) electrons. The van der Waals surface area contributed by atoms with E-state index < -0.39 is 5.60 Å². The van der Waals surface area contributed by atoms with E-state index in [9.17, 15) is 5.11 Å². The fraction of sp³-hybridized carbons (Fsp3) is 0.647. The lowest BCUT2D eigenvalue weighted by molar-refractivity contribution is -0.0665. The van der Waals surface area contributed by atoms with E-state index in [0.29, 0.717) is 0 Å². The molecule has 1 aliphatic carbocycles. The molecule has 3 rings (SSSR count). The summed E-state index contributed by atoms with van der Waals surface area (Å²) in [5, 5.41) is 11.7. The Morgan fingerprint density at radius 2 is 1.95 bits per heavy atom. The molecule has 4 heteroatoms. The van der Waals surface area contributed by atoms with Crippen LogP contribution >= 0.6 is 11.6 Å². The maximum absolute atomic E-state index is 10.9. The Morgan fingerprint density at radius 3 is 2.52 bits per heavy atom. The second kappa shape index (κ2) is 6.25. The molecule has 0 spiro atoms. The number of hydrogen-bond donors (Lipinski definition) is 1. The number of halogens is 1. The molecule has 1 saturated carbocycles. The maximum Gasteiger partial charge on any atom is 0.0728 e. The number of benzene rings is 1. The summed E-state index contributed by atoms with van der Waals surface area (Å²) >= 11 is 6.16. The van der Waals surface area contributed by atoms with Gasteiger partial charge < -0.3 is 14.9 Å². The topological polar surface area (TPSA) is 26.7 Å². The third-order valence-electron chi connectivity index (χ3n) is 5.16. The average Bonchev–Trinajstić information content (AvgIpc) is 2.44. The number of nitrogens with zero attached hydrogens (tertiary/aromatic N) is 2. The molecule has 1 aliphatic heterocycles. The van der Waals surface area contributed by atoms with E-state index in [1.54, 1.807) is 0 Å². The number of hydrogen-bond acceptors (Lipinski definition) is 3. The van der Waals surface area contributed by atoms with E-state index in [1.807, 2.05) is 18.2 Å². The minimum atomic E-state index is -0.534. The van der Waals surface area contributed by atoms with Gasteiger partial charge in [-0.2, -0.15) is 0 Å². The molecule has 1 N–H and O–H groups in total. The van der Waals surface area contributed by atoms with Crippen LogP contribution in [0.1, 0.15) is 30.7 Å². The van der Waals surface area contributed by atoms with Crippen molar-refractivity contribution >= 4 is 11.6 Å². The molecule has 1 unspecified atom stereocenters. The van der Waals surface area contributed by atoms with Crippen LogP contribution in [0.4, 0.5) is 0 Å². The number of rotatable bonds is 4. The molecule has 1 aromatic carbocycles.